The van der Waals surface area contributed by atoms with E-state index in [9.17, 15) is 4.79 Å². The Labute approximate surface area is 104 Å². The molecule has 1 heterocycles. The molecule has 0 aromatic rings. The SMILES string of the molecule is CCOC(=O)C1CNCC1C1CCCCCC1. The monoisotopic (exact) mass is 239 g/mol. The summed E-state index contributed by atoms with van der Waals surface area (Å²) in [6.07, 6.45) is 8.05. The van der Waals surface area contributed by atoms with Crippen LogP contribution in [0.5, 0.6) is 0 Å². The lowest BCUT2D eigenvalue weighted by Crippen LogP contribution is -2.29. The predicted octanol–water partition coefficient (Wildman–Crippen LogP) is 2.36. The third kappa shape index (κ3) is 3.21. The first-order valence-corrected chi connectivity index (χ1v) is 7.20. The van der Waals surface area contributed by atoms with Gasteiger partial charge >= 0.3 is 5.97 Å². The third-order valence-corrected chi connectivity index (χ3v) is 4.36. The molecule has 1 saturated carbocycles. The van der Waals surface area contributed by atoms with E-state index in [1.807, 2.05) is 6.92 Å². The van der Waals surface area contributed by atoms with E-state index in [-0.39, 0.29) is 11.9 Å². The fraction of sp³-hybridized carbons (Fsp3) is 0.929. The zero-order valence-electron chi connectivity index (χ0n) is 10.9. The van der Waals surface area contributed by atoms with Crippen LogP contribution in [0.1, 0.15) is 45.4 Å². The van der Waals surface area contributed by atoms with Crippen LogP contribution in [-0.4, -0.2) is 25.7 Å². The van der Waals surface area contributed by atoms with Gasteiger partial charge in [-0.2, -0.15) is 0 Å². The molecule has 1 saturated heterocycles. The number of ether oxygens (including phenoxy) is 1. The van der Waals surface area contributed by atoms with Crippen molar-refractivity contribution in [1.82, 2.24) is 5.32 Å². The molecule has 2 unspecified atom stereocenters. The van der Waals surface area contributed by atoms with Gasteiger partial charge in [-0.15, -0.1) is 0 Å². The van der Waals surface area contributed by atoms with Gasteiger partial charge in [0.25, 0.3) is 0 Å². The molecule has 0 radical (unpaired) electrons. The quantitative estimate of drug-likeness (QED) is 0.607. The topological polar surface area (TPSA) is 38.3 Å². The molecule has 1 aliphatic heterocycles. The van der Waals surface area contributed by atoms with Gasteiger partial charge in [-0.25, -0.2) is 0 Å². The molecule has 17 heavy (non-hydrogen) atoms. The number of carbonyl (C=O) groups is 1. The van der Waals surface area contributed by atoms with E-state index in [0.29, 0.717) is 12.5 Å². The first-order valence-electron chi connectivity index (χ1n) is 7.20. The molecule has 1 aliphatic carbocycles. The molecule has 0 bridgehead atoms. The van der Waals surface area contributed by atoms with Crippen LogP contribution < -0.4 is 5.32 Å². The Morgan fingerprint density at radius 3 is 2.53 bits per heavy atom. The highest BCUT2D eigenvalue weighted by atomic mass is 16.5. The summed E-state index contributed by atoms with van der Waals surface area (Å²) in [5.74, 6) is 1.39. The van der Waals surface area contributed by atoms with Crippen LogP contribution in [-0.2, 0) is 9.53 Å². The summed E-state index contributed by atoms with van der Waals surface area (Å²) < 4.78 is 5.20. The van der Waals surface area contributed by atoms with E-state index < -0.39 is 0 Å². The third-order valence-electron chi connectivity index (χ3n) is 4.36. The molecule has 1 N–H and O–H groups in total. The zero-order valence-corrected chi connectivity index (χ0v) is 10.9. The predicted molar refractivity (Wildman–Crippen MR) is 67.7 cm³/mol. The van der Waals surface area contributed by atoms with Gasteiger partial charge in [0.1, 0.15) is 0 Å². The van der Waals surface area contributed by atoms with Crippen molar-refractivity contribution in [2.24, 2.45) is 17.8 Å². The second kappa shape index (κ2) is 6.39. The normalized spacial score (nSPS) is 31.1. The van der Waals surface area contributed by atoms with Crippen LogP contribution >= 0.6 is 0 Å². The first kappa shape index (κ1) is 12.9. The lowest BCUT2D eigenvalue weighted by Gasteiger charge is -2.25. The number of rotatable bonds is 3. The average molecular weight is 239 g/mol. The van der Waals surface area contributed by atoms with Crippen LogP contribution in [0.2, 0.25) is 0 Å². The van der Waals surface area contributed by atoms with E-state index in [0.717, 1.165) is 19.0 Å². The van der Waals surface area contributed by atoms with Gasteiger partial charge in [0, 0.05) is 6.54 Å². The van der Waals surface area contributed by atoms with Gasteiger partial charge in [0.15, 0.2) is 0 Å². The fourth-order valence-electron chi connectivity index (χ4n) is 3.44. The molecule has 0 amide bonds. The van der Waals surface area contributed by atoms with Gasteiger partial charge in [-0.05, 0) is 25.3 Å². The van der Waals surface area contributed by atoms with Gasteiger partial charge in [0.2, 0.25) is 0 Å². The average Bonchev–Trinajstić information content (AvgIpc) is 2.65. The van der Waals surface area contributed by atoms with Crippen LogP contribution in [0.25, 0.3) is 0 Å². The van der Waals surface area contributed by atoms with E-state index in [2.05, 4.69) is 5.32 Å². The molecule has 3 nitrogen and oxygen atoms in total. The molecule has 2 rings (SSSR count). The maximum Gasteiger partial charge on any atom is 0.310 e. The van der Waals surface area contributed by atoms with Gasteiger partial charge in [-0.3, -0.25) is 4.79 Å². The highest BCUT2D eigenvalue weighted by molar-refractivity contribution is 5.73. The van der Waals surface area contributed by atoms with Crippen LogP contribution in [0.15, 0.2) is 0 Å². The summed E-state index contributed by atoms with van der Waals surface area (Å²) in [7, 11) is 0. The Balaban J connectivity index is 1.95. The molecule has 3 heteroatoms. The van der Waals surface area contributed by atoms with Gasteiger partial charge in [-0.1, -0.05) is 38.5 Å². The van der Waals surface area contributed by atoms with E-state index in [4.69, 9.17) is 4.74 Å². The standard InChI is InChI=1S/C14H25NO2/c1-2-17-14(16)13-10-15-9-12(13)11-7-5-3-4-6-8-11/h11-13,15H,2-10H2,1H3. The summed E-state index contributed by atoms with van der Waals surface area (Å²) in [4.78, 5) is 11.9. The Bertz CT molecular complexity index is 247. The van der Waals surface area contributed by atoms with Crippen molar-refractivity contribution in [3.05, 3.63) is 0 Å². The molecular formula is C14H25NO2. The number of hydrogen-bond donors (Lipinski definition) is 1. The summed E-state index contributed by atoms with van der Waals surface area (Å²) in [5, 5.41) is 3.38. The molecule has 2 atom stereocenters. The molecule has 98 valence electrons. The summed E-state index contributed by atoms with van der Waals surface area (Å²) in [6.45, 7) is 4.22. The van der Waals surface area contributed by atoms with Gasteiger partial charge < -0.3 is 10.1 Å². The Morgan fingerprint density at radius 1 is 1.18 bits per heavy atom. The summed E-state index contributed by atoms with van der Waals surface area (Å²) in [5.41, 5.74) is 0. The minimum atomic E-state index is 0.0201. The van der Waals surface area contributed by atoms with E-state index in [1.54, 1.807) is 0 Å². The molecular weight excluding hydrogens is 214 g/mol. The second-order valence-electron chi connectivity index (χ2n) is 5.43. The van der Waals surface area contributed by atoms with Gasteiger partial charge in [0.05, 0.1) is 12.5 Å². The summed E-state index contributed by atoms with van der Waals surface area (Å²) >= 11 is 0. The lowest BCUT2D eigenvalue weighted by molar-refractivity contribution is -0.149. The molecule has 0 aromatic heterocycles. The summed E-state index contributed by atoms with van der Waals surface area (Å²) in [6, 6.07) is 0. The van der Waals surface area contributed by atoms with Crippen molar-refractivity contribution < 1.29 is 9.53 Å². The number of carbonyl (C=O) groups excluding carboxylic acids is 1. The van der Waals surface area contributed by atoms with Crippen molar-refractivity contribution in [3.8, 4) is 0 Å². The minimum absolute atomic E-state index is 0.0201. The molecule has 2 aliphatic rings. The molecule has 0 aromatic carbocycles. The second-order valence-corrected chi connectivity index (χ2v) is 5.43. The van der Waals surface area contributed by atoms with Crippen molar-refractivity contribution in [2.75, 3.05) is 19.7 Å². The minimum Gasteiger partial charge on any atom is -0.466 e. The maximum absolute atomic E-state index is 11.9. The van der Waals surface area contributed by atoms with Crippen LogP contribution in [0.3, 0.4) is 0 Å². The Morgan fingerprint density at radius 2 is 1.88 bits per heavy atom. The smallest absolute Gasteiger partial charge is 0.310 e. The number of nitrogens with one attached hydrogen (secondary N) is 1. The largest absolute Gasteiger partial charge is 0.466 e. The lowest BCUT2D eigenvalue weighted by atomic mass is 9.80. The Kier molecular flexibility index (Phi) is 4.84. The number of esters is 1. The first-order chi connectivity index (χ1) is 8.33. The molecule has 0 spiro atoms. The highest BCUT2D eigenvalue weighted by Gasteiger charge is 2.38. The highest BCUT2D eigenvalue weighted by Crippen LogP contribution is 2.35. The maximum atomic E-state index is 11.9. The van der Waals surface area contributed by atoms with Crippen molar-refractivity contribution in [1.29, 1.82) is 0 Å². The Hall–Kier alpha value is -0.570. The van der Waals surface area contributed by atoms with E-state index >= 15 is 0 Å². The molecule has 2 fully saturated rings. The van der Waals surface area contributed by atoms with Crippen molar-refractivity contribution >= 4 is 5.97 Å². The van der Waals surface area contributed by atoms with E-state index in [1.165, 1.54) is 38.5 Å². The van der Waals surface area contributed by atoms with Crippen molar-refractivity contribution in [2.45, 2.75) is 45.4 Å². The zero-order chi connectivity index (χ0) is 12.1. The fourth-order valence-corrected chi connectivity index (χ4v) is 3.44. The number of hydrogen-bond acceptors (Lipinski definition) is 3. The van der Waals surface area contributed by atoms with Crippen LogP contribution in [0, 0.1) is 17.8 Å². The van der Waals surface area contributed by atoms with Crippen molar-refractivity contribution in [3.63, 3.8) is 0 Å². The van der Waals surface area contributed by atoms with Crippen LogP contribution in [0.4, 0.5) is 0 Å².